The highest BCUT2D eigenvalue weighted by molar-refractivity contribution is 6.32. The van der Waals surface area contributed by atoms with Gasteiger partial charge in [0.2, 0.25) is 11.8 Å². The Labute approximate surface area is 181 Å². The molecule has 0 radical (unpaired) electrons. The number of hydrazine groups is 1. The first-order chi connectivity index (χ1) is 14.8. The molecule has 1 N–H and O–H groups in total. The van der Waals surface area contributed by atoms with Crippen LogP contribution in [0.3, 0.4) is 0 Å². The Balaban J connectivity index is 1.50. The maximum atomic E-state index is 12.5. The summed E-state index contributed by atoms with van der Waals surface area (Å²) in [5.41, 5.74) is 4.21. The number of aryl methyl sites for hydroxylation is 1. The lowest BCUT2D eigenvalue weighted by molar-refractivity contribution is -0.130. The van der Waals surface area contributed by atoms with Gasteiger partial charge in [-0.1, -0.05) is 11.6 Å². The van der Waals surface area contributed by atoms with Gasteiger partial charge in [-0.2, -0.15) is 0 Å². The summed E-state index contributed by atoms with van der Waals surface area (Å²) in [7, 11) is 0. The van der Waals surface area contributed by atoms with Crippen molar-refractivity contribution in [3.8, 4) is 0 Å². The molecule has 31 heavy (non-hydrogen) atoms. The van der Waals surface area contributed by atoms with Gasteiger partial charge < -0.3 is 9.15 Å². The maximum absolute atomic E-state index is 12.5. The van der Waals surface area contributed by atoms with Crippen LogP contribution in [-0.2, 0) is 20.9 Å². The van der Waals surface area contributed by atoms with Crippen molar-refractivity contribution in [2.75, 3.05) is 5.01 Å². The Morgan fingerprint density at radius 2 is 1.87 bits per heavy atom. The van der Waals surface area contributed by atoms with E-state index in [2.05, 4.69) is 5.43 Å². The molecular weight excluding hydrogens is 424 g/mol. The quantitative estimate of drug-likeness (QED) is 0.493. The second-order valence-electron chi connectivity index (χ2n) is 7.08. The zero-order valence-electron chi connectivity index (χ0n) is 16.4. The van der Waals surface area contributed by atoms with Gasteiger partial charge in [0, 0.05) is 34.9 Å². The molecule has 8 nitrogen and oxygen atoms in total. The van der Waals surface area contributed by atoms with E-state index < -0.39 is 11.6 Å². The molecule has 0 atom stereocenters. The summed E-state index contributed by atoms with van der Waals surface area (Å²) in [6.07, 6.45) is 0.273. The lowest BCUT2D eigenvalue weighted by atomic mass is 10.1. The summed E-state index contributed by atoms with van der Waals surface area (Å²) in [5, 5.41) is 2.24. The molecular formula is C22H17ClN2O6. The summed E-state index contributed by atoms with van der Waals surface area (Å²) in [5.74, 6) is -1.10. The monoisotopic (exact) mass is 440 g/mol. The highest BCUT2D eigenvalue weighted by Crippen LogP contribution is 2.26. The molecule has 1 saturated heterocycles. The molecule has 1 aliphatic heterocycles. The SMILES string of the molecule is Cc1cc2oc(=O)cc(COC(=O)c3ccc(N4NC(=O)CCC4=O)cc3)c2cc1Cl. The minimum atomic E-state index is -0.611. The molecule has 0 aliphatic carbocycles. The highest BCUT2D eigenvalue weighted by atomic mass is 35.5. The molecule has 2 heterocycles. The summed E-state index contributed by atoms with van der Waals surface area (Å²) in [6.45, 7) is 1.64. The Morgan fingerprint density at radius 1 is 1.13 bits per heavy atom. The van der Waals surface area contributed by atoms with Crippen LogP contribution in [-0.4, -0.2) is 17.8 Å². The summed E-state index contributed by atoms with van der Waals surface area (Å²) in [4.78, 5) is 47.8. The largest absolute Gasteiger partial charge is 0.457 e. The maximum Gasteiger partial charge on any atom is 0.338 e. The predicted molar refractivity (Wildman–Crippen MR) is 113 cm³/mol. The summed E-state index contributed by atoms with van der Waals surface area (Å²) in [6, 6.07) is 10.6. The van der Waals surface area contributed by atoms with Gasteiger partial charge in [-0.15, -0.1) is 0 Å². The fourth-order valence-corrected chi connectivity index (χ4v) is 3.39. The first-order valence-electron chi connectivity index (χ1n) is 9.44. The topological polar surface area (TPSA) is 106 Å². The van der Waals surface area contributed by atoms with Crippen LogP contribution in [0.25, 0.3) is 11.0 Å². The van der Waals surface area contributed by atoms with Gasteiger partial charge in [0.25, 0.3) is 0 Å². The Hall–Kier alpha value is -3.65. The van der Waals surface area contributed by atoms with E-state index in [1.54, 1.807) is 19.1 Å². The molecule has 9 heteroatoms. The van der Waals surface area contributed by atoms with Crippen molar-refractivity contribution in [3.05, 3.63) is 74.6 Å². The van der Waals surface area contributed by atoms with Crippen LogP contribution in [0.5, 0.6) is 0 Å². The third-order valence-electron chi connectivity index (χ3n) is 4.88. The van der Waals surface area contributed by atoms with Crippen molar-refractivity contribution in [2.45, 2.75) is 26.4 Å². The van der Waals surface area contributed by atoms with E-state index in [0.717, 1.165) is 10.6 Å². The van der Waals surface area contributed by atoms with Crippen molar-refractivity contribution in [1.29, 1.82) is 0 Å². The van der Waals surface area contributed by atoms with Crippen molar-refractivity contribution in [3.63, 3.8) is 0 Å². The number of hydrogen-bond donors (Lipinski definition) is 1. The number of nitrogens with one attached hydrogen (secondary N) is 1. The van der Waals surface area contributed by atoms with E-state index in [1.165, 1.54) is 30.3 Å². The molecule has 0 bridgehead atoms. The Bertz CT molecular complexity index is 1270. The fraction of sp³-hybridized carbons (Fsp3) is 0.182. The standard InChI is InChI=1S/C22H17ClN2O6/c1-12-8-18-16(10-17(12)23)14(9-21(28)31-18)11-30-22(29)13-2-4-15(5-3-13)25-20(27)7-6-19(26)24-25/h2-5,8-10H,6-7,11H2,1H3,(H,24,26). The van der Waals surface area contributed by atoms with E-state index in [9.17, 15) is 19.2 Å². The van der Waals surface area contributed by atoms with Crippen LogP contribution in [0, 0.1) is 6.92 Å². The first kappa shape index (κ1) is 20.6. The molecule has 3 aromatic rings. The molecule has 2 amide bonds. The van der Waals surface area contributed by atoms with Crippen LogP contribution in [0.4, 0.5) is 5.69 Å². The molecule has 0 unspecified atom stereocenters. The highest BCUT2D eigenvalue weighted by Gasteiger charge is 2.24. The molecule has 158 valence electrons. The number of carbonyl (C=O) groups excluding carboxylic acids is 3. The molecule has 1 aliphatic rings. The van der Waals surface area contributed by atoms with Gasteiger partial charge in [-0.25, -0.2) is 14.6 Å². The number of halogens is 1. The first-order valence-corrected chi connectivity index (χ1v) is 9.82. The number of nitrogens with zero attached hydrogens (tertiary/aromatic N) is 1. The van der Waals surface area contributed by atoms with E-state index in [1.807, 2.05) is 0 Å². The summed E-state index contributed by atoms with van der Waals surface area (Å²) >= 11 is 6.17. The number of rotatable bonds is 4. The average Bonchev–Trinajstić information content (AvgIpc) is 2.75. The second-order valence-corrected chi connectivity index (χ2v) is 7.48. The number of fused-ring (bicyclic) bond motifs is 1. The molecule has 2 aromatic carbocycles. The van der Waals surface area contributed by atoms with E-state index in [-0.39, 0.29) is 36.8 Å². The minimum absolute atomic E-state index is 0.123. The van der Waals surface area contributed by atoms with E-state index in [0.29, 0.717) is 27.2 Å². The van der Waals surface area contributed by atoms with Crippen molar-refractivity contribution >= 4 is 46.0 Å². The van der Waals surface area contributed by atoms with Crippen LogP contribution in [0.1, 0.15) is 34.3 Å². The molecule has 4 rings (SSSR count). The lowest BCUT2D eigenvalue weighted by Gasteiger charge is -2.27. The number of benzene rings is 2. The van der Waals surface area contributed by atoms with Crippen molar-refractivity contribution in [1.82, 2.24) is 5.43 Å². The molecule has 1 aromatic heterocycles. The number of amides is 2. The number of ether oxygens (including phenoxy) is 1. The smallest absolute Gasteiger partial charge is 0.338 e. The van der Waals surface area contributed by atoms with Crippen LogP contribution in [0.15, 0.2) is 51.7 Å². The van der Waals surface area contributed by atoms with Gasteiger partial charge in [0.05, 0.1) is 11.3 Å². The predicted octanol–water partition coefficient (Wildman–Crippen LogP) is 3.27. The average molecular weight is 441 g/mol. The van der Waals surface area contributed by atoms with Gasteiger partial charge in [0.1, 0.15) is 12.2 Å². The summed E-state index contributed by atoms with van der Waals surface area (Å²) < 4.78 is 10.6. The van der Waals surface area contributed by atoms with Gasteiger partial charge in [-0.05, 0) is 48.9 Å². The van der Waals surface area contributed by atoms with Crippen LogP contribution >= 0.6 is 11.6 Å². The van der Waals surface area contributed by atoms with Gasteiger partial charge in [0.15, 0.2) is 0 Å². The van der Waals surface area contributed by atoms with Crippen molar-refractivity contribution < 1.29 is 23.5 Å². The van der Waals surface area contributed by atoms with Crippen LogP contribution < -0.4 is 16.1 Å². The molecule has 0 spiro atoms. The number of anilines is 1. The number of hydrogen-bond acceptors (Lipinski definition) is 6. The lowest BCUT2D eigenvalue weighted by Crippen LogP contribution is -2.50. The van der Waals surface area contributed by atoms with Gasteiger partial charge >= 0.3 is 11.6 Å². The third-order valence-corrected chi connectivity index (χ3v) is 5.29. The van der Waals surface area contributed by atoms with Crippen LogP contribution in [0.2, 0.25) is 5.02 Å². The number of carbonyl (C=O) groups is 3. The Morgan fingerprint density at radius 3 is 2.61 bits per heavy atom. The Kier molecular flexibility index (Phi) is 5.48. The minimum Gasteiger partial charge on any atom is -0.457 e. The third kappa shape index (κ3) is 4.29. The van der Waals surface area contributed by atoms with E-state index >= 15 is 0 Å². The normalized spacial score (nSPS) is 13.9. The zero-order valence-corrected chi connectivity index (χ0v) is 17.2. The fourth-order valence-electron chi connectivity index (χ4n) is 3.22. The van der Waals surface area contributed by atoms with Gasteiger partial charge in [-0.3, -0.25) is 15.0 Å². The molecule has 0 saturated carbocycles. The molecule has 1 fully saturated rings. The van der Waals surface area contributed by atoms with E-state index in [4.69, 9.17) is 20.8 Å². The second kappa shape index (κ2) is 8.23. The number of esters is 1. The zero-order chi connectivity index (χ0) is 22.1. The van der Waals surface area contributed by atoms with Crippen molar-refractivity contribution in [2.24, 2.45) is 0 Å².